The van der Waals surface area contributed by atoms with E-state index in [2.05, 4.69) is 26.7 Å². The van der Waals surface area contributed by atoms with Gasteiger partial charge in [0.1, 0.15) is 4.21 Å². The highest BCUT2D eigenvalue weighted by Crippen LogP contribution is 2.31. The highest BCUT2D eigenvalue weighted by Gasteiger charge is 2.22. The van der Waals surface area contributed by atoms with Gasteiger partial charge >= 0.3 is 0 Å². The molecule has 2 rings (SSSR count). The van der Waals surface area contributed by atoms with Crippen LogP contribution in [0.3, 0.4) is 0 Å². The zero-order valence-electron chi connectivity index (χ0n) is 12.4. The molecule has 1 N–H and O–H groups in total. The molecule has 0 aliphatic heterocycles. The molecule has 21 heavy (non-hydrogen) atoms. The van der Waals surface area contributed by atoms with Crippen LogP contribution >= 0.6 is 27.3 Å². The van der Waals surface area contributed by atoms with Crippen LogP contribution in [0, 0.1) is 20.8 Å². The summed E-state index contributed by atoms with van der Waals surface area (Å²) in [5.41, 5.74) is 4.19. The van der Waals surface area contributed by atoms with Gasteiger partial charge in [-0.15, -0.1) is 11.3 Å². The van der Waals surface area contributed by atoms with E-state index in [-0.39, 0.29) is 6.04 Å². The maximum Gasteiger partial charge on any atom is 0.250 e. The summed E-state index contributed by atoms with van der Waals surface area (Å²) in [6.07, 6.45) is 0. The van der Waals surface area contributed by atoms with Gasteiger partial charge in [0.2, 0.25) is 0 Å². The molecule has 0 bridgehead atoms. The Balaban J connectivity index is 2.27. The van der Waals surface area contributed by atoms with Gasteiger partial charge in [0.25, 0.3) is 10.0 Å². The molecule has 3 nitrogen and oxygen atoms in total. The van der Waals surface area contributed by atoms with Gasteiger partial charge in [-0.05, 0) is 66.4 Å². The number of rotatable bonds is 4. The van der Waals surface area contributed by atoms with Gasteiger partial charge < -0.3 is 0 Å². The average Bonchev–Trinajstić information content (AvgIpc) is 2.69. The van der Waals surface area contributed by atoms with Crippen molar-refractivity contribution in [3.63, 3.8) is 0 Å². The van der Waals surface area contributed by atoms with Crippen LogP contribution in [0.2, 0.25) is 0 Å². The summed E-state index contributed by atoms with van der Waals surface area (Å²) < 4.78 is 28.8. The molecule has 1 atom stereocenters. The molecule has 1 aromatic heterocycles. The summed E-state index contributed by atoms with van der Waals surface area (Å²) in [4.78, 5) is 0. The van der Waals surface area contributed by atoms with Crippen molar-refractivity contribution in [1.29, 1.82) is 0 Å². The minimum Gasteiger partial charge on any atom is -0.206 e. The fourth-order valence-corrected chi connectivity index (χ4v) is 5.69. The van der Waals surface area contributed by atoms with Crippen molar-refractivity contribution in [1.82, 2.24) is 4.72 Å². The van der Waals surface area contributed by atoms with Gasteiger partial charge in [-0.1, -0.05) is 23.8 Å². The first-order chi connectivity index (χ1) is 9.70. The van der Waals surface area contributed by atoms with Gasteiger partial charge in [-0.25, -0.2) is 13.1 Å². The van der Waals surface area contributed by atoms with E-state index in [1.54, 1.807) is 6.07 Å². The second-order valence-corrected chi connectivity index (χ2v) is 9.54. The zero-order chi connectivity index (χ0) is 15.8. The normalized spacial score (nSPS) is 13.4. The Morgan fingerprint density at radius 2 is 1.81 bits per heavy atom. The fourth-order valence-electron chi connectivity index (χ4n) is 2.23. The summed E-state index contributed by atoms with van der Waals surface area (Å²) in [5.74, 6) is 0. The quantitative estimate of drug-likeness (QED) is 0.840. The molecule has 0 fully saturated rings. The highest BCUT2D eigenvalue weighted by atomic mass is 79.9. The molecular weight excluding hydrogens is 370 g/mol. The van der Waals surface area contributed by atoms with E-state index in [9.17, 15) is 8.42 Å². The van der Waals surface area contributed by atoms with Crippen LogP contribution in [-0.4, -0.2) is 8.42 Å². The van der Waals surface area contributed by atoms with E-state index < -0.39 is 10.0 Å². The molecule has 0 saturated heterocycles. The lowest BCUT2D eigenvalue weighted by molar-refractivity contribution is 0.568. The Bertz CT molecular complexity index is 746. The molecule has 0 radical (unpaired) electrons. The van der Waals surface area contributed by atoms with Crippen LogP contribution in [0.4, 0.5) is 0 Å². The lowest BCUT2D eigenvalue weighted by atomic mass is 10.0. The number of thiophene rings is 1. The molecule has 6 heteroatoms. The van der Waals surface area contributed by atoms with Crippen molar-refractivity contribution >= 4 is 37.3 Å². The zero-order valence-corrected chi connectivity index (χ0v) is 15.6. The second-order valence-electron chi connectivity index (χ2n) is 5.23. The molecule has 1 aromatic carbocycles. The molecule has 0 aliphatic carbocycles. The lowest BCUT2D eigenvalue weighted by Crippen LogP contribution is -2.26. The standard InChI is InChI=1S/C15H18BrNO2S2/c1-9-5-6-13(10(2)7-9)12(4)17-21(18,19)14-8-11(3)15(16)20-14/h5-8,12,17H,1-4H3. The van der Waals surface area contributed by atoms with Crippen LogP contribution in [0.25, 0.3) is 0 Å². The molecule has 0 amide bonds. The minimum absolute atomic E-state index is 0.267. The maximum absolute atomic E-state index is 12.4. The first-order valence-electron chi connectivity index (χ1n) is 6.56. The Morgan fingerprint density at radius 3 is 2.33 bits per heavy atom. The van der Waals surface area contributed by atoms with Crippen molar-refractivity contribution in [3.8, 4) is 0 Å². The third kappa shape index (κ3) is 3.74. The summed E-state index contributed by atoms with van der Waals surface area (Å²) in [7, 11) is -3.50. The number of nitrogens with one attached hydrogen (secondary N) is 1. The molecular formula is C15H18BrNO2S2. The van der Waals surface area contributed by atoms with E-state index >= 15 is 0 Å². The SMILES string of the molecule is Cc1ccc(C(C)NS(=O)(=O)c2cc(C)c(Br)s2)c(C)c1. The van der Waals surface area contributed by atoms with Crippen molar-refractivity contribution in [2.24, 2.45) is 0 Å². The number of halogens is 1. The molecule has 0 spiro atoms. The minimum atomic E-state index is -3.50. The number of hydrogen-bond acceptors (Lipinski definition) is 3. The smallest absolute Gasteiger partial charge is 0.206 e. The third-order valence-corrected chi connectivity index (χ3v) is 7.47. The summed E-state index contributed by atoms with van der Waals surface area (Å²) in [5, 5.41) is 0. The molecule has 2 aromatic rings. The van der Waals surface area contributed by atoms with Crippen molar-refractivity contribution in [2.45, 2.75) is 37.9 Å². The van der Waals surface area contributed by atoms with Gasteiger partial charge in [-0.2, -0.15) is 0 Å². The van der Waals surface area contributed by atoms with Gasteiger partial charge in [0, 0.05) is 6.04 Å². The first kappa shape index (κ1) is 16.7. The Hall–Kier alpha value is -0.690. The highest BCUT2D eigenvalue weighted by molar-refractivity contribution is 9.11. The van der Waals surface area contributed by atoms with E-state index in [0.29, 0.717) is 4.21 Å². The Morgan fingerprint density at radius 1 is 1.14 bits per heavy atom. The predicted molar refractivity (Wildman–Crippen MR) is 91.4 cm³/mol. The average molecular weight is 388 g/mol. The van der Waals surface area contributed by atoms with E-state index in [4.69, 9.17) is 0 Å². The number of sulfonamides is 1. The number of benzene rings is 1. The third-order valence-electron chi connectivity index (χ3n) is 3.32. The van der Waals surface area contributed by atoms with Gasteiger partial charge in [-0.3, -0.25) is 0 Å². The Labute approximate surface area is 138 Å². The van der Waals surface area contributed by atoms with Gasteiger partial charge in [0.15, 0.2) is 0 Å². The van der Waals surface area contributed by atoms with Crippen molar-refractivity contribution < 1.29 is 8.42 Å². The predicted octanol–water partition coefficient (Wildman–Crippen LogP) is 4.48. The van der Waals surface area contributed by atoms with Crippen molar-refractivity contribution in [2.75, 3.05) is 0 Å². The molecule has 0 aliphatic rings. The van der Waals surface area contributed by atoms with Gasteiger partial charge in [0.05, 0.1) is 3.79 Å². The maximum atomic E-state index is 12.4. The van der Waals surface area contributed by atoms with E-state index in [1.165, 1.54) is 16.9 Å². The number of hydrogen-bond donors (Lipinski definition) is 1. The fraction of sp³-hybridized carbons (Fsp3) is 0.333. The van der Waals surface area contributed by atoms with E-state index in [0.717, 1.165) is 20.5 Å². The van der Waals surface area contributed by atoms with Crippen LogP contribution in [0.15, 0.2) is 32.3 Å². The molecule has 114 valence electrons. The molecule has 1 unspecified atom stereocenters. The van der Waals surface area contributed by atoms with Crippen molar-refractivity contribution in [3.05, 3.63) is 50.3 Å². The van der Waals surface area contributed by atoms with Crippen LogP contribution in [0.1, 0.15) is 35.2 Å². The first-order valence-corrected chi connectivity index (χ1v) is 9.65. The summed E-state index contributed by atoms with van der Waals surface area (Å²) in [6, 6.07) is 7.46. The van der Waals surface area contributed by atoms with Crippen LogP contribution < -0.4 is 4.72 Å². The second kappa shape index (κ2) is 6.20. The molecule has 1 heterocycles. The monoisotopic (exact) mass is 387 g/mol. The summed E-state index contributed by atoms with van der Waals surface area (Å²) in [6.45, 7) is 7.77. The van der Waals surface area contributed by atoms with Crippen LogP contribution in [0.5, 0.6) is 0 Å². The largest absolute Gasteiger partial charge is 0.250 e. The lowest BCUT2D eigenvalue weighted by Gasteiger charge is -2.16. The number of aryl methyl sites for hydroxylation is 3. The van der Waals surface area contributed by atoms with Crippen LogP contribution in [-0.2, 0) is 10.0 Å². The topological polar surface area (TPSA) is 46.2 Å². The summed E-state index contributed by atoms with van der Waals surface area (Å²) >= 11 is 4.60. The molecule has 0 saturated carbocycles. The Kier molecular flexibility index (Phi) is 4.92. The van der Waals surface area contributed by atoms with E-state index in [1.807, 2.05) is 39.8 Å².